The topological polar surface area (TPSA) is 54.4 Å². The molecule has 0 saturated carbocycles. The fourth-order valence-corrected chi connectivity index (χ4v) is 3.63. The van der Waals surface area contributed by atoms with Gasteiger partial charge in [-0.2, -0.15) is 0 Å². The van der Waals surface area contributed by atoms with E-state index in [-0.39, 0.29) is 10.6 Å². The van der Waals surface area contributed by atoms with Crippen LogP contribution in [0, 0.1) is 13.8 Å². The van der Waals surface area contributed by atoms with Gasteiger partial charge in [0.15, 0.2) is 9.84 Å². The Morgan fingerprint density at radius 2 is 1.67 bits per heavy atom. The van der Waals surface area contributed by atoms with Crippen LogP contribution in [0.3, 0.4) is 0 Å². The second kappa shape index (κ2) is 6.30. The quantitative estimate of drug-likeness (QED) is 0.897. The number of hydrogen-bond acceptors (Lipinski definition) is 3. The van der Waals surface area contributed by atoms with Gasteiger partial charge in [-0.05, 0) is 54.8 Å². The molecule has 5 heteroatoms. The van der Waals surface area contributed by atoms with Gasteiger partial charge in [-0.1, -0.05) is 34.1 Å². The number of aryl methyl sites for hydroxylation is 2. The van der Waals surface area contributed by atoms with Gasteiger partial charge in [0, 0.05) is 4.47 Å². The molecule has 0 fully saturated rings. The zero-order valence-corrected chi connectivity index (χ0v) is 14.3. The van der Waals surface area contributed by atoms with Crippen molar-refractivity contribution in [2.24, 2.45) is 0 Å². The molecular weight excluding hydrogens is 352 g/mol. The van der Waals surface area contributed by atoms with E-state index in [2.05, 4.69) is 15.9 Å². The summed E-state index contributed by atoms with van der Waals surface area (Å²) in [6, 6.07) is 11.9. The standard InChI is InChI=1S/C16H17BrO3S/c1-11-3-4-13(9-12(11)2)16(18)10-21(19,20)15-7-5-14(17)6-8-15/h3-9,16,18H,10H2,1-2H3. The molecule has 0 aromatic heterocycles. The molecule has 21 heavy (non-hydrogen) atoms. The van der Waals surface area contributed by atoms with E-state index in [4.69, 9.17) is 0 Å². The van der Waals surface area contributed by atoms with Gasteiger partial charge in [-0.25, -0.2) is 8.42 Å². The predicted octanol–water partition coefficient (Wildman–Crippen LogP) is 3.57. The molecule has 1 unspecified atom stereocenters. The lowest BCUT2D eigenvalue weighted by Gasteiger charge is -2.13. The highest BCUT2D eigenvalue weighted by Gasteiger charge is 2.21. The number of aliphatic hydroxyl groups excluding tert-OH is 1. The molecule has 2 aromatic carbocycles. The van der Waals surface area contributed by atoms with E-state index < -0.39 is 15.9 Å². The average molecular weight is 369 g/mol. The smallest absolute Gasteiger partial charge is 0.181 e. The van der Waals surface area contributed by atoms with Crippen molar-refractivity contribution in [3.05, 3.63) is 63.6 Å². The van der Waals surface area contributed by atoms with Crippen LogP contribution in [0.1, 0.15) is 22.8 Å². The molecule has 0 aliphatic heterocycles. The Labute approximate surface area is 133 Å². The minimum absolute atomic E-state index is 0.216. The molecule has 2 aromatic rings. The maximum atomic E-state index is 12.3. The second-order valence-electron chi connectivity index (χ2n) is 5.09. The number of rotatable bonds is 4. The fourth-order valence-electron chi connectivity index (χ4n) is 2.01. The minimum Gasteiger partial charge on any atom is -0.387 e. The normalized spacial score (nSPS) is 13.1. The van der Waals surface area contributed by atoms with Crippen molar-refractivity contribution in [3.63, 3.8) is 0 Å². The Balaban J connectivity index is 2.23. The molecule has 2 rings (SSSR count). The molecule has 1 N–H and O–H groups in total. The van der Waals surface area contributed by atoms with Crippen LogP contribution in [-0.4, -0.2) is 19.3 Å². The van der Waals surface area contributed by atoms with Crippen LogP contribution in [-0.2, 0) is 9.84 Å². The molecule has 0 amide bonds. The zero-order valence-electron chi connectivity index (χ0n) is 11.9. The van der Waals surface area contributed by atoms with Crippen molar-refractivity contribution >= 4 is 25.8 Å². The first kappa shape index (κ1) is 16.2. The van der Waals surface area contributed by atoms with E-state index in [0.717, 1.165) is 15.6 Å². The van der Waals surface area contributed by atoms with Gasteiger partial charge in [0.05, 0.1) is 16.8 Å². The SMILES string of the molecule is Cc1ccc(C(O)CS(=O)(=O)c2ccc(Br)cc2)cc1C. The number of aliphatic hydroxyl groups is 1. The first-order chi connectivity index (χ1) is 9.79. The molecule has 3 nitrogen and oxygen atoms in total. The largest absolute Gasteiger partial charge is 0.387 e. The van der Waals surface area contributed by atoms with Gasteiger partial charge < -0.3 is 5.11 Å². The van der Waals surface area contributed by atoms with Gasteiger partial charge >= 0.3 is 0 Å². The summed E-state index contributed by atoms with van der Waals surface area (Å²) in [6.07, 6.45) is -1.03. The monoisotopic (exact) mass is 368 g/mol. The summed E-state index contributed by atoms with van der Waals surface area (Å²) in [5.41, 5.74) is 2.77. The first-order valence-corrected chi connectivity index (χ1v) is 8.97. The van der Waals surface area contributed by atoms with Crippen molar-refractivity contribution < 1.29 is 13.5 Å². The van der Waals surface area contributed by atoms with Crippen molar-refractivity contribution in [1.29, 1.82) is 0 Å². The summed E-state index contributed by atoms with van der Waals surface area (Å²) in [6.45, 7) is 3.92. The Kier molecular flexibility index (Phi) is 4.86. The van der Waals surface area contributed by atoms with Crippen LogP contribution in [0.15, 0.2) is 51.8 Å². The second-order valence-corrected chi connectivity index (χ2v) is 8.04. The predicted molar refractivity (Wildman–Crippen MR) is 87.1 cm³/mol. The highest BCUT2D eigenvalue weighted by Crippen LogP contribution is 2.23. The Hall–Kier alpha value is -1.17. The van der Waals surface area contributed by atoms with Crippen LogP contribution < -0.4 is 0 Å². The van der Waals surface area contributed by atoms with Gasteiger partial charge in [0.25, 0.3) is 0 Å². The lowest BCUT2D eigenvalue weighted by molar-refractivity contribution is 0.201. The van der Waals surface area contributed by atoms with Crippen molar-refractivity contribution in [3.8, 4) is 0 Å². The molecule has 0 aliphatic carbocycles. The Morgan fingerprint density at radius 3 is 2.24 bits per heavy atom. The van der Waals surface area contributed by atoms with E-state index in [1.807, 2.05) is 26.0 Å². The molecule has 0 bridgehead atoms. The van der Waals surface area contributed by atoms with Gasteiger partial charge in [-0.15, -0.1) is 0 Å². The van der Waals surface area contributed by atoms with Crippen molar-refractivity contribution in [2.75, 3.05) is 5.75 Å². The highest BCUT2D eigenvalue weighted by atomic mass is 79.9. The summed E-state index contributed by atoms with van der Waals surface area (Å²) in [7, 11) is -3.52. The Bertz CT molecular complexity index is 737. The van der Waals surface area contributed by atoms with Gasteiger partial charge in [0.1, 0.15) is 0 Å². The molecule has 0 radical (unpaired) electrons. The van der Waals surface area contributed by atoms with Crippen LogP contribution in [0.25, 0.3) is 0 Å². The van der Waals surface area contributed by atoms with Crippen molar-refractivity contribution in [2.45, 2.75) is 24.8 Å². The molecule has 0 spiro atoms. The van der Waals surface area contributed by atoms with Gasteiger partial charge in [-0.3, -0.25) is 0 Å². The summed E-state index contributed by atoms with van der Waals surface area (Å²) >= 11 is 3.27. The fraction of sp³-hybridized carbons (Fsp3) is 0.250. The van der Waals surface area contributed by atoms with E-state index in [1.165, 1.54) is 12.1 Å². The number of sulfone groups is 1. The molecule has 0 aliphatic rings. The van der Waals surface area contributed by atoms with E-state index in [1.54, 1.807) is 18.2 Å². The number of hydrogen-bond donors (Lipinski definition) is 1. The van der Waals surface area contributed by atoms with Crippen LogP contribution in [0.4, 0.5) is 0 Å². The third-order valence-electron chi connectivity index (χ3n) is 3.47. The van der Waals surface area contributed by atoms with Gasteiger partial charge in [0.2, 0.25) is 0 Å². The molecule has 0 heterocycles. The van der Waals surface area contributed by atoms with Crippen molar-refractivity contribution in [1.82, 2.24) is 0 Å². The van der Waals surface area contributed by atoms with E-state index in [0.29, 0.717) is 5.56 Å². The third-order valence-corrected chi connectivity index (χ3v) is 5.74. The lowest BCUT2D eigenvalue weighted by Crippen LogP contribution is -2.15. The summed E-state index contributed by atoms with van der Waals surface area (Å²) in [4.78, 5) is 0.216. The Morgan fingerprint density at radius 1 is 1.05 bits per heavy atom. The van der Waals surface area contributed by atoms with E-state index in [9.17, 15) is 13.5 Å². The highest BCUT2D eigenvalue weighted by molar-refractivity contribution is 9.10. The number of benzene rings is 2. The number of halogens is 1. The molecule has 1 atom stereocenters. The average Bonchev–Trinajstić information content (AvgIpc) is 2.41. The maximum absolute atomic E-state index is 12.3. The molecular formula is C16H17BrO3S. The summed E-state index contributed by atoms with van der Waals surface area (Å²) < 4.78 is 25.4. The molecule has 112 valence electrons. The van der Waals surface area contributed by atoms with E-state index >= 15 is 0 Å². The minimum atomic E-state index is -3.52. The van der Waals surface area contributed by atoms with Crippen LogP contribution in [0.2, 0.25) is 0 Å². The van der Waals surface area contributed by atoms with Crippen LogP contribution >= 0.6 is 15.9 Å². The zero-order chi connectivity index (χ0) is 15.6. The first-order valence-electron chi connectivity index (χ1n) is 6.53. The molecule has 0 saturated heterocycles. The summed E-state index contributed by atoms with van der Waals surface area (Å²) in [5.74, 6) is -0.322. The maximum Gasteiger partial charge on any atom is 0.181 e. The van der Waals surface area contributed by atoms with Crippen LogP contribution in [0.5, 0.6) is 0 Å². The lowest BCUT2D eigenvalue weighted by atomic mass is 10.0. The summed E-state index contributed by atoms with van der Waals surface area (Å²) in [5, 5.41) is 10.2. The third kappa shape index (κ3) is 3.93.